The molecule has 0 amide bonds. The van der Waals surface area contributed by atoms with Crippen molar-refractivity contribution in [3.05, 3.63) is 53.9 Å². The third-order valence-corrected chi connectivity index (χ3v) is 4.53. The Morgan fingerprint density at radius 1 is 1.38 bits per heavy atom. The van der Waals surface area contributed by atoms with Crippen molar-refractivity contribution in [2.75, 3.05) is 13.2 Å². The molecule has 0 unspecified atom stereocenters. The van der Waals surface area contributed by atoms with Crippen LogP contribution >= 0.6 is 0 Å². The van der Waals surface area contributed by atoms with E-state index in [-0.39, 0.29) is 12.1 Å². The summed E-state index contributed by atoms with van der Waals surface area (Å²) < 4.78 is 7.89. The Labute approximate surface area is 143 Å². The van der Waals surface area contributed by atoms with Crippen molar-refractivity contribution in [2.24, 2.45) is 0 Å². The summed E-state index contributed by atoms with van der Waals surface area (Å²) in [4.78, 5) is 0. The molecule has 24 heavy (non-hydrogen) atoms. The number of aryl methyl sites for hydroxylation is 1. The van der Waals surface area contributed by atoms with Crippen LogP contribution in [0, 0.1) is 0 Å². The van der Waals surface area contributed by atoms with Gasteiger partial charge in [-0.05, 0) is 43.4 Å². The first-order valence-electron chi connectivity index (χ1n) is 8.80. The summed E-state index contributed by atoms with van der Waals surface area (Å²) in [6.45, 7) is 3.76. The van der Waals surface area contributed by atoms with Crippen LogP contribution in [0.1, 0.15) is 37.0 Å². The van der Waals surface area contributed by atoms with E-state index in [2.05, 4.69) is 41.6 Å². The van der Waals surface area contributed by atoms with Crippen molar-refractivity contribution in [3.8, 4) is 0 Å². The summed E-state index contributed by atoms with van der Waals surface area (Å²) in [5.74, 6) is 0. The summed E-state index contributed by atoms with van der Waals surface area (Å²) in [7, 11) is 0. The average molecular weight is 329 g/mol. The van der Waals surface area contributed by atoms with Gasteiger partial charge >= 0.3 is 0 Å². The van der Waals surface area contributed by atoms with Crippen molar-refractivity contribution in [2.45, 2.75) is 51.0 Å². The predicted octanol–water partition coefficient (Wildman–Crippen LogP) is 2.32. The first-order chi connectivity index (χ1) is 11.7. The number of ether oxygens (including phenoxy) is 1. The molecule has 3 rings (SSSR count). The molecule has 0 fully saturated rings. The minimum Gasteiger partial charge on any atom is -0.389 e. The van der Waals surface area contributed by atoms with E-state index >= 15 is 0 Å². The second-order valence-corrected chi connectivity index (χ2v) is 6.60. The van der Waals surface area contributed by atoms with Crippen LogP contribution < -0.4 is 5.32 Å². The van der Waals surface area contributed by atoms with Crippen molar-refractivity contribution in [3.63, 3.8) is 0 Å². The van der Waals surface area contributed by atoms with Crippen molar-refractivity contribution in [1.29, 1.82) is 0 Å². The molecule has 0 radical (unpaired) electrons. The van der Waals surface area contributed by atoms with Gasteiger partial charge in [0.25, 0.3) is 0 Å². The number of fused-ring (bicyclic) bond motifs is 1. The molecule has 130 valence electrons. The second kappa shape index (κ2) is 8.42. The fourth-order valence-corrected chi connectivity index (χ4v) is 3.26. The molecule has 0 aliphatic heterocycles. The highest BCUT2D eigenvalue weighted by molar-refractivity contribution is 5.31. The van der Waals surface area contributed by atoms with Gasteiger partial charge in [0.1, 0.15) is 0 Å². The molecule has 1 aromatic carbocycles. The molecule has 1 aliphatic rings. The van der Waals surface area contributed by atoms with Crippen LogP contribution in [0.5, 0.6) is 0 Å². The van der Waals surface area contributed by atoms with E-state index in [1.165, 1.54) is 11.1 Å². The molecule has 2 aromatic rings. The lowest BCUT2D eigenvalue weighted by atomic mass is 9.89. The van der Waals surface area contributed by atoms with E-state index < -0.39 is 6.10 Å². The van der Waals surface area contributed by atoms with Crippen molar-refractivity contribution >= 4 is 0 Å². The molecule has 2 N–H and O–H groups in total. The maximum atomic E-state index is 10.2. The monoisotopic (exact) mass is 329 g/mol. The van der Waals surface area contributed by atoms with Gasteiger partial charge < -0.3 is 15.2 Å². The number of rotatable bonds is 8. The summed E-state index contributed by atoms with van der Waals surface area (Å²) in [5.41, 5.74) is 2.67. The largest absolute Gasteiger partial charge is 0.389 e. The van der Waals surface area contributed by atoms with E-state index in [1.807, 2.05) is 16.9 Å². The van der Waals surface area contributed by atoms with Crippen LogP contribution in [0.25, 0.3) is 0 Å². The number of benzene rings is 1. The Morgan fingerprint density at radius 2 is 2.25 bits per heavy atom. The predicted molar refractivity (Wildman–Crippen MR) is 93.8 cm³/mol. The molecule has 0 spiro atoms. The zero-order valence-corrected chi connectivity index (χ0v) is 14.3. The van der Waals surface area contributed by atoms with Crippen LogP contribution in [0.3, 0.4) is 0 Å². The minimum atomic E-state index is -0.501. The Balaban J connectivity index is 1.40. The maximum Gasteiger partial charge on any atom is 0.0898 e. The molecule has 0 saturated carbocycles. The van der Waals surface area contributed by atoms with Crippen LogP contribution in [-0.2, 0) is 17.7 Å². The van der Waals surface area contributed by atoms with Gasteiger partial charge in [0.05, 0.1) is 25.4 Å². The molecular formula is C19H27N3O2. The van der Waals surface area contributed by atoms with Gasteiger partial charge in [0, 0.05) is 25.0 Å². The highest BCUT2D eigenvalue weighted by atomic mass is 16.5. The lowest BCUT2D eigenvalue weighted by molar-refractivity contribution is -0.0174. The van der Waals surface area contributed by atoms with E-state index in [0.29, 0.717) is 13.2 Å². The van der Waals surface area contributed by atoms with Crippen molar-refractivity contribution in [1.82, 2.24) is 15.1 Å². The van der Waals surface area contributed by atoms with Gasteiger partial charge in [0.2, 0.25) is 0 Å². The highest BCUT2D eigenvalue weighted by Crippen LogP contribution is 2.32. The quantitative estimate of drug-likeness (QED) is 0.780. The molecule has 1 heterocycles. The van der Waals surface area contributed by atoms with E-state index in [9.17, 15) is 5.11 Å². The molecule has 1 aromatic heterocycles. The summed E-state index contributed by atoms with van der Waals surface area (Å²) in [6.07, 6.45) is 6.65. The molecular weight excluding hydrogens is 302 g/mol. The van der Waals surface area contributed by atoms with Gasteiger partial charge in [-0.1, -0.05) is 24.3 Å². The Bertz CT molecular complexity index is 615. The third-order valence-electron chi connectivity index (χ3n) is 4.53. The molecule has 5 heteroatoms. The Morgan fingerprint density at radius 3 is 3.08 bits per heavy atom. The molecule has 3 atom stereocenters. The number of aliphatic hydroxyl groups excluding tert-OH is 1. The average Bonchev–Trinajstić information content (AvgIpc) is 3.11. The topological polar surface area (TPSA) is 59.3 Å². The van der Waals surface area contributed by atoms with Gasteiger partial charge in [-0.3, -0.25) is 4.68 Å². The molecule has 0 bridgehead atoms. The lowest BCUT2D eigenvalue weighted by Gasteiger charge is -2.27. The number of aromatic nitrogens is 2. The zero-order valence-electron chi connectivity index (χ0n) is 14.3. The smallest absolute Gasteiger partial charge is 0.0898 e. The molecule has 5 nitrogen and oxygen atoms in total. The number of nitrogens with one attached hydrogen (secondary N) is 1. The molecule has 1 aliphatic carbocycles. The van der Waals surface area contributed by atoms with Gasteiger partial charge in [0.15, 0.2) is 0 Å². The first-order valence-corrected chi connectivity index (χ1v) is 8.80. The summed E-state index contributed by atoms with van der Waals surface area (Å²) in [6, 6.07) is 10.6. The van der Waals surface area contributed by atoms with E-state index in [1.54, 1.807) is 6.20 Å². The zero-order chi connectivity index (χ0) is 16.8. The normalized spacial score (nSPS) is 19.7. The standard InChI is InChI=1S/C19H27N3O2/c1-15(13-22-11-5-10-21-22)20-12-17(23)14-24-19-9-4-7-16-6-2-3-8-18(16)19/h2-3,5-6,8,10-11,15,17,19-20,23H,4,7,9,12-14H2,1H3/t15-,17+,19-/m1/s1. The fourth-order valence-electron chi connectivity index (χ4n) is 3.26. The number of aliphatic hydroxyl groups is 1. The minimum absolute atomic E-state index is 0.117. The Hall–Kier alpha value is -1.69. The number of hydrogen-bond donors (Lipinski definition) is 2. The summed E-state index contributed by atoms with van der Waals surface area (Å²) in [5, 5.41) is 17.7. The SMILES string of the molecule is C[C@H](Cn1cccn1)NC[C@H](O)CO[C@@H]1CCCc2ccccc21. The first kappa shape index (κ1) is 17.1. The van der Waals surface area contributed by atoms with Gasteiger partial charge in [-0.15, -0.1) is 0 Å². The number of hydrogen-bond acceptors (Lipinski definition) is 4. The van der Waals surface area contributed by atoms with E-state index in [4.69, 9.17) is 4.74 Å². The van der Waals surface area contributed by atoms with E-state index in [0.717, 1.165) is 25.8 Å². The van der Waals surface area contributed by atoms with Gasteiger partial charge in [-0.2, -0.15) is 5.10 Å². The lowest BCUT2D eigenvalue weighted by Crippen LogP contribution is -2.38. The van der Waals surface area contributed by atoms with Gasteiger partial charge in [-0.25, -0.2) is 0 Å². The summed E-state index contributed by atoms with van der Waals surface area (Å²) >= 11 is 0. The van der Waals surface area contributed by atoms with Crippen molar-refractivity contribution < 1.29 is 9.84 Å². The second-order valence-electron chi connectivity index (χ2n) is 6.60. The fraction of sp³-hybridized carbons (Fsp3) is 0.526. The Kier molecular flexibility index (Phi) is 6.01. The van der Waals surface area contributed by atoms with Crippen LogP contribution in [-0.4, -0.2) is 40.2 Å². The highest BCUT2D eigenvalue weighted by Gasteiger charge is 2.21. The third kappa shape index (κ3) is 4.66. The van der Waals surface area contributed by atoms with Crippen LogP contribution in [0.15, 0.2) is 42.7 Å². The van der Waals surface area contributed by atoms with Crippen LogP contribution in [0.4, 0.5) is 0 Å². The maximum absolute atomic E-state index is 10.2. The number of nitrogens with zero attached hydrogens (tertiary/aromatic N) is 2. The molecule has 0 saturated heterocycles. The van der Waals surface area contributed by atoms with Crippen LogP contribution in [0.2, 0.25) is 0 Å².